The van der Waals surface area contributed by atoms with E-state index in [9.17, 15) is 4.79 Å². The molecular formula is C16H24N2O. The van der Waals surface area contributed by atoms with Gasteiger partial charge in [0.05, 0.1) is 0 Å². The number of carbonyl (C=O) groups is 1. The van der Waals surface area contributed by atoms with E-state index in [4.69, 9.17) is 0 Å². The van der Waals surface area contributed by atoms with E-state index < -0.39 is 0 Å². The van der Waals surface area contributed by atoms with Crippen LogP contribution in [0.25, 0.3) is 0 Å². The standard InChI is InChI=1S/C12H16N2O.C2H6.C2H2/c1-4-8(2)10-7-14(3)12(15)11-9(10)5-6-13-11;2*1-2/h4-7,9,11,13H,1-3H3;1-2H3;1-2H/b8-4+;;. The van der Waals surface area contributed by atoms with E-state index in [2.05, 4.69) is 37.2 Å². The van der Waals surface area contributed by atoms with Crippen LogP contribution in [0, 0.1) is 18.8 Å². The fraction of sp³-hybridized carbons (Fsp3) is 0.438. The monoisotopic (exact) mass is 260 g/mol. The van der Waals surface area contributed by atoms with Gasteiger partial charge in [0.2, 0.25) is 5.91 Å². The predicted molar refractivity (Wildman–Crippen MR) is 81.1 cm³/mol. The molecule has 0 aliphatic carbocycles. The van der Waals surface area contributed by atoms with E-state index in [0.29, 0.717) is 0 Å². The van der Waals surface area contributed by atoms with Gasteiger partial charge in [0, 0.05) is 19.2 Å². The van der Waals surface area contributed by atoms with Gasteiger partial charge in [-0.2, -0.15) is 0 Å². The summed E-state index contributed by atoms with van der Waals surface area (Å²) in [6.45, 7) is 8.10. The van der Waals surface area contributed by atoms with E-state index in [-0.39, 0.29) is 17.9 Å². The molecule has 3 heteroatoms. The molecule has 19 heavy (non-hydrogen) atoms. The Bertz CT molecular complexity index is 416. The number of carbonyl (C=O) groups excluding carboxylic acids is 1. The lowest BCUT2D eigenvalue weighted by molar-refractivity contribution is -0.130. The van der Waals surface area contributed by atoms with Gasteiger partial charge < -0.3 is 10.2 Å². The molecule has 0 bridgehead atoms. The highest BCUT2D eigenvalue weighted by Crippen LogP contribution is 2.31. The summed E-state index contributed by atoms with van der Waals surface area (Å²) in [6, 6.07) is -0.107. The summed E-state index contributed by atoms with van der Waals surface area (Å²) >= 11 is 0. The highest BCUT2D eigenvalue weighted by Gasteiger charge is 2.37. The molecule has 0 fully saturated rings. The molecule has 2 rings (SSSR count). The normalized spacial score (nSPS) is 24.2. The molecule has 0 spiro atoms. The van der Waals surface area contributed by atoms with Gasteiger partial charge in [0.15, 0.2) is 0 Å². The number of hydrogen-bond donors (Lipinski definition) is 1. The second-order valence-electron chi connectivity index (χ2n) is 4.03. The molecule has 0 aromatic rings. The minimum atomic E-state index is -0.107. The Morgan fingerprint density at radius 1 is 1.42 bits per heavy atom. The summed E-state index contributed by atoms with van der Waals surface area (Å²) in [6.07, 6.45) is 16.0. The Hall–Kier alpha value is -1.95. The van der Waals surface area contributed by atoms with Crippen LogP contribution < -0.4 is 5.32 Å². The number of likely N-dealkylation sites (N-methyl/N-ethyl adjacent to an activating group) is 1. The average Bonchev–Trinajstić information content (AvgIpc) is 2.96. The Kier molecular flexibility index (Phi) is 7.36. The van der Waals surface area contributed by atoms with Gasteiger partial charge in [-0.25, -0.2) is 0 Å². The maximum atomic E-state index is 11.8. The fourth-order valence-electron chi connectivity index (χ4n) is 2.09. The largest absolute Gasteiger partial charge is 0.379 e. The molecule has 2 aliphatic rings. The Morgan fingerprint density at radius 2 is 2.00 bits per heavy atom. The second-order valence-corrected chi connectivity index (χ2v) is 4.03. The van der Waals surface area contributed by atoms with Crippen LogP contribution >= 0.6 is 0 Å². The summed E-state index contributed by atoms with van der Waals surface area (Å²) in [4.78, 5) is 13.5. The van der Waals surface area contributed by atoms with Crippen molar-refractivity contribution >= 4 is 5.91 Å². The predicted octanol–water partition coefficient (Wildman–Crippen LogP) is 2.69. The van der Waals surface area contributed by atoms with Gasteiger partial charge in [0.25, 0.3) is 0 Å². The number of terminal acetylenes is 1. The van der Waals surface area contributed by atoms with Crippen LogP contribution in [0.5, 0.6) is 0 Å². The van der Waals surface area contributed by atoms with Crippen LogP contribution in [-0.4, -0.2) is 23.9 Å². The van der Waals surface area contributed by atoms with Crippen LogP contribution in [0.3, 0.4) is 0 Å². The molecule has 2 aliphatic heterocycles. The van der Waals surface area contributed by atoms with E-state index in [1.165, 1.54) is 11.1 Å². The first-order valence-electron chi connectivity index (χ1n) is 6.53. The van der Waals surface area contributed by atoms with Crippen molar-refractivity contribution in [3.8, 4) is 12.8 Å². The molecule has 104 valence electrons. The van der Waals surface area contributed by atoms with Crippen molar-refractivity contribution < 1.29 is 4.79 Å². The van der Waals surface area contributed by atoms with Crippen LogP contribution in [0.4, 0.5) is 0 Å². The maximum Gasteiger partial charge on any atom is 0.249 e. The Morgan fingerprint density at radius 3 is 2.53 bits per heavy atom. The molecule has 2 heterocycles. The highest BCUT2D eigenvalue weighted by molar-refractivity contribution is 5.86. The van der Waals surface area contributed by atoms with Crippen molar-refractivity contribution in [2.75, 3.05) is 7.05 Å². The van der Waals surface area contributed by atoms with Crippen molar-refractivity contribution in [1.82, 2.24) is 10.2 Å². The molecule has 3 nitrogen and oxygen atoms in total. The Labute approximate surface area is 117 Å². The second kappa shape index (κ2) is 8.20. The van der Waals surface area contributed by atoms with Crippen molar-refractivity contribution in [2.24, 2.45) is 5.92 Å². The first kappa shape index (κ1) is 17.1. The molecule has 0 saturated heterocycles. The summed E-state index contributed by atoms with van der Waals surface area (Å²) in [5, 5.41) is 3.11. The summed E-state index contributed by atoms with van der Waals surface area (Å²) < 4.78 is 0. The third-order valence-electron chi connectivity index (χ3n) is 3.13. The zero-order valence-electron chi connectivity index (χ0n) is 12.5. The molecule has 0 aromatic carbocycles. The molecule has 1 N–H and O–H groups in total. The van der Waals surface area contributed by atoms with Crippen LogP contribution in [0.15, 0.2) is 35.7 Å². The molecule has 2 atom stereocenters. The fourth-order valence-corrected chi connectivity index (χ4v) is 2.09. The number of nitrogens with zero attached hydrogens (tertiary/aromatic N) is 1. The quantitative estimate of drug-likeness (QED) is 0.735. The van der Waals surface area contributed by atoms with Gasteiger partial charge in [-0.3, -0.25) is 4.79 Å². The number of amides is 1. The number of rotatable bonds is 1. The van der Waals surface area contributed by atoms with Crippen LogP contribution in [0.2, 0.25) is 0 Å². The molecule has 0 saturated carbocycles. The number of hydrogen-bond acceptors (Lipinski definition) is 2. The van der Waals surface area contributed by atoms with E-state index in [1.807, 2.05) is 40.2 Å². The van der Waals surface area contributed by atoms with Crippen molar-refractivity contribution in [2.45, 2.75) is 33.7 Å². The van der Waals surface area contributed by atoms with Crippen LogP contribution in [-0.2, 0) is 4.79 Å². The summed E-state index contributed by atoms with van der Waals surface area (Å²) in [7, 11) is 1.81. The number of fused-ring (bicyclic) bond motifs is 1. The van der Waals surface area contributed by atoms with E-state index in [1.54, 1.807) is 4.90 Å². The van der Waals surface area contributed by atoms with Gasteiger partial charge in [-0.1, -0.05) is 31.6 Å². The lowest BCUT2D eigenvalue weighted by atomic mass is 9.86. The number of nitrogens with one attached hydrogen (secondary N) is 1. The third kappa shape index (κ3) is 3.51. The van der Waals surface area contributed by atoms with Gasteiger partial charge in [-0.05, 0) is 25.6 Å². The number of allylic oxidation sites excluding steroid dienone is 2. The van der Waals surface area contributed by atoms with Crippen molar-refractivity contribution in [1.29, 1.82) is 0 Å². The topological polar surface area (TPSA) is 32.3 Å². The first-order valence-corrected chi connectivity index (χ1v) is 6.53. The summed E-state index contributed by atoms with van der Waals surface area (Å²) in [5.74, 6) is 0.336. The van der Waals surface area contributed by atoms with E-state index in [0.717, 1.165) is 0 Å². The summed E-state index contributed by atoms with van der Waals surface area (Å²) in [5.41, 5.74) is 2.46. The zero-order chi connectivity index (χ0) is 15.0. The lowest BCUT2D eigenvalue weighted by Crippen LogP contribution is -2.46. The minimum Gasteiger partial charge on any atom is -0.379 e. The van der Waals surface area contributed by atoms with Crippen molar-refractivity contribution in [3.63, 3.8) is 0 Å². The molecular weight excluding hydrogens is 236 g/mol. The lowest BCUT2D eigenvalue weighted by Gasteiger charge is -2.31. The maximum absolute atomic E-state index is 11.8. The van der Waals surface area contributed by atoms with Gasteiger partial charge >= 0.3 is 0 Å². The Balaban J connectivity index is 0.000000741. The van der Waals surface area contributed by atoms with Crippen molar-refractivity contribution in [3.05, 3.63) is 35.7 Å². The van der Waals surface area contributed by atoms with E-state index >= 15 is 0 Å². The third-order valence-corrected chi connectivity index (χ3v) is 3.13. The zero-order valence-corrected chi connectivity index (χ0v) is 12.5. The molecule has 2 unspecified atom stereocenters. The smallest absolute Gasteiger partial charge is 0.249 e. The first-order chi connectivity index (χ1) is 9.15. The molecule has 0 aromatic heterocycles. The minimum absolute atomic E-state index is 0.107. The molecule has 1 amide bonds. The van der Waals surface area contributed by atoms with Gasteiger partial charge in [-0.15, -0.1) is 12.8 Å². The average molecular weight is 260 g/mol. The highest BCUT2D eigenvalue weighted by atomic mass is 16.2. The van der Waals surface area contributed by atoms with Crippen LogP contribution in [0.1, 0.15) is 27.7 Å². The molecule has 0 radical (unpaired) electrons. The SMILES string of the molecule is C#C.C/C=C(\C)C1=CN(C)C(=O)C2NC=CC12.CC. The van der Waals surface area contributed by atoms with Gasteiger partial charge in [0.1, 0.15) is 6.04 Å².